The molecular weight excluding hydrogens is 242 g/mol. The van der Waals surface area contributed by atoms with Gasteiger partial charge >= 0.3 is 0 Å². The summed E-state index contributed by atoms with van der Waals surface area (Å²) in [5.41, 5.74) is 1.57. The van der Waals surface area contributed by atoms with Gasteiger partial charge in [-0.25, -0.2) is 0 Å². The van der Waals surface area contributed by atoms with Crippen LogP contribution in [0.5, 0.6) is 0 Å². The third kappa shape index (κ3) is 3.74. The molecule has 0 aromatic heterocycles. The van der Waals surface area contributed by atoms with Crippen LogP contribution in [0, 0.1) is 5.41 Å². The fourth-order valence-electron chi connectivity index (χ4n) is 2.34. The summed E-state index contributed by atoms with van der Waals surface area (Å²) in [5.74, 6) is 1.12. The summed E-state index contributed by atoms with van der Waals surface area (Å²) in [6.07, 6.45) is 2.36. The highest BCUT2D eigenvalue weighted by molar-refractivity contribution is 7.99. The van der Waals surface area contributed by atoms with Crippen LogP contribution >= 0.6 is 11.8 Å². The zero-order chi connectivity index (χ0) is 13.0. The minimum Gasteiger partial charge on any atom is -0.396 e. The third-order valence-corrected chi connectivity index (χ3v) is 4.48. The van der Waals surface area contributed by atoms with Crippen LogP contribution in [0.4, 0.5) is 0 Å². The van der Waals surface area contributed by atoms with Crippen molar-refractivity contribution in [2.45, 2.75) is 31.2 Å². The average Bonchev–Trinajstić information content (AvgIpc) is 3.12. The van der Waals surface area contributed by atoms with E-state index in [4.69, 9.17) is 0 Å². The number of hydrogen-bond acceptors (Lipinski definition) is 3. The molecule has 1 aliphatic rings. The van der Waals surface area contributed by atoms with E-state index in [2.05, 4.69) is 43.1 Å². The van der Waals surface area contributed by atoms with Crippen LogP contribution in [0.25, 0.3) is 0 Å². The van der Waals surface area contributed by atoms with E-state index in [-0.39, 0.29) is 5.41 Å². The summed E-state index contributed by atoms with van der Waals surface area (Å²) < 4.78 is 0. The van der Waals surface area contributed by atoms with E-state index in [0.717, 1.165) is 18.8 Å². The predicted molar refractivity (Wildman–Crippen MR) is 77.9 cm³/mol. The second-order valence-corrected chi connectivity index (χ2v) is 6.74. The first kappa shape index (κ1) is 13.9. The maximum Gasteiger partial charge on any atom is 0.0499 e. The van der Waals surface area contributed by atoms with Crippen molar-refractivity contribution in [2.75, 3.05) is 26.0 Å². The smallest absolute Gasteiger partial charge is 0.0499 e. The maximum atomic E-state index is 9.34. The molecule has 0 unspecified atom stereocenters. The molecule has 2 nitrogen and oxygen atoms in total. The van der Waals surface area contributed by atoms with Gasteiger partial charge in [0.1, 0.15) is 0 Å². The summed E-state index contributed by atoms with van der Waals surface area (Å²) in [4.78, 5) is 3.67. The lowest BCUT2D eigenvalue weighted by Crippen LogP contribution is -2.28. The van der Waals surface area contributed by atoms with Crippen molar-refractivity contribution in [3.63, 3.8) is 0 Å². The predicted octanol–water partition coefficient (Wildman–Crippen LogP) is 3.00. The van der Waals surface area contributed by atoms with Crippen LogP contribution in [-0.2, 0) is 6.54 Å². The Bertz CT molecular complexity index is 373. The molecule has 1 fully saturated rings. The van der Waals surface area contributed by atoms with Crippen LogP contribution in [0.1, 0.15) is 25.3 Å². The highest BCUT2D eigenvalue weighted by atomic mass is 32.2. The van der Waals surface area contributed by atoms with Gasteiger partial charge in [-0.05, 0) is 43.3 Å². The highest BCUT2D eigenvalue weighted by Crippen LogP contribution is 2.45. The molecular formula is C15H23NOS. The monoisotopic (exact) mass is 265 g/mol. The summed E-state index contributed by atoms with van der Waals surface area (Å²) in [6.45, 7) is 4.49. The average molecular weight is 265 g/mol. The molecule has 0 radical (unpaired) electrons. The second kappa shape index (κ2) is 6.09. The highest BCUT2D eigenvalue weighted by Gasteiger charge is 2.42. The van der Waals surface area contributed by atoms with Gasteiger partial charge in [0.05, 0.1) is 0 Å². The minimum absolute atomic E-state index is 0.215. The van der Waals surface area contributed by atoms with Crippen LogP contribution in [0.3, 0.4) is 0 Å². The molecule has 18 heavy (non-hydrogen) atoms. The molecule has 0 aliphatic heterocycles. The molecule has 1 saturated carbocycles. The summed E-state index contributed by atoms with van der Waals surface area (Å²) in [5, 5.41) is 9.34. The van der Waals surface area contributed by atoms with Crippen LogP contribution in [0.2, 0.25) is 0 Å². The van der Waals surface area contributed by atoms with Crippen molar-refractivity contribution < 1.29 is 5.11 Å². The van der Waals surface area contributed by atoms with Gasteiger partial charge in [-0.1, -0.05) is 19.1 Å². The molecule has 1 aromatic carbocycles. The lowest BCUT2D eigenvalue weighted by molar-refractivity contribution is 0.161. The molecule has 0 atom stereocenters. The van der Waals surface area contributed by atoms with Crippen molar-refractivity contribution in [3.05, 3.63) is 29.8 Å². The Morgan fingerprint density at radius 2 is 1.94 bits per heavy atom. The molecule has 2 rings (SSSR count). The van der Waals surface area contributed by atoms with Crippen LogP contribution in [0.15, 0.2) is 29.2 Å². The van der Waals surface area contributed by atoms with Crippen molar-refractivity contribution in [2.24, 2.45) is 5.41 Å². The Kier molecular flexibility index (Phi) is 4.71. The second-order valence-electron chi connectivity index (χ2n) is 5.41. The number of nitrogens with zero attached hydrogens (tertiary/aromatic N) is 1. The lowest BCUT2D eigenvalue weighted by atomic mass is 10.1. The molecule has 1 aliphatic carbocycles. The Hall–Kier alpha value is -0.510. The maximum absolute atomic E-state index is 9.34. The van der Waals surface area contributed by atoms with Gasteiger partial charge < -0.3 is 10.0 Å². The van der Waals surface area contributed by atoms with Gasteiger partial charge in [0.15, 0.2) is 0 Å². The van der Waals surface area contributed by atoms with E-state index in [1.165, 1.54) is 23.3 Å². The van der Waals surface area contributed by atoms with Gasteiger partial charge in [0.2, 0.25) is 0 Å². The normalized spacial score (nSPS) is 17.1. The number of rotatable bonds is 7. The number of hydrogen-bond donors (Lipinski definition) is 1. The zero-order valence-corrected chi connectivity index (χ0v) is 12.2. The van der Waals surface area contributed by atoms with E-state index >= 15 is 0 Å². The van der Waals surface area contributed by atoms with Crippen LogP contribution in [-0.4, -0.2) is 36.0 Å². The molecule has 0 saturated heterocycles. The number of benzene rings is 1. The first-order valence-electron chi connectivity index (χ1n) is 6.68. The summed E-state index contributed by atoms with van der Waals surface area (Å²) >= 11 is 1.88. The Balaban J connectivity index is 1.85. The topological polar surface area (TPSA) is 23.5 Å². The fraction of sp³-hybridized carbons (Fsp3) is 0.600. The van der Waals surface area contributed by atoms with Gasteiger partial charge in [-0.3, -0.25) is 0 Å². The van der Waals surface area contributed by atoms with E-state index in [9.17, 15) is 5.11 Å². The molecule has 100 valence electrons. The van der Waals surface area contributed by atoms with Crippen molar-refractivity contribution in [1.82, 2.24) is 4.90 Å². The quantitative estimate of drug-likeness (QED) is 0.767. The third-order valence-electron chi connectivity index (χ3n) is 3.58. The molecule has 1 N–H and O–H groups in total. The number of aliphatic hydroxyl groups is 1. The van der Waals surface area contributed by atoms with Crippen molar-refractivity contribution in [1.29, 1.82) is 0 Å². The van der Waals surface area contributed by atoms with E-state index < -0.39 is 0 Å². The van der Waals surface area contributed by atoms with E-state index in [0.29, 0.717) is 6.61 Å². The van der Waals surface area contributed by atoms with E-state index in [1.54, 1.807) is 0 Å². The Morgan fingerprint density at radius 3 is 2.44 bits per heavy atom. The van der Waals surface area contributed by atoms with Crippen LogP contribution < -0.4 is 0 Å². The molecule has 3 heteroatoms. The number of thioether (sulfide) groups is 1. The van der Waals surface area contributed by atoms with Crippen molar-refractivity contribution in [3.8, 4) is 0 Å². The Labute approximate surface area is 114 Å². The molecule has 0 heterocycles. The molecule has 0 amide bonds. The molecule has 0 spiro atoms. The van der Waals surface area contributed by atoms with E-state index in [1.807, 2.05) is 11.8 Å². The minimum atomic E-state index is 0.215. The number of aliphatic hydroxyl groups excluding tert-OH is 1. The summed E-state index contributed by atoms with van der Waals surface area (Å²) in [6, 6.07) is 8.84. The van der Waals surface area contributed by atoms with Crippen molar-refractivity contribution >= 4 is 11.8 Å². The zero-order valence-electron chi connectivity index (χ0n) is 11.4. The van der Waals surface area contributed by atoms with Gasteiger partial charge in [0, 0.05) is 30.0 Å². The standard InChI is InChI=1S/C15H23NOS/c1-3-18-14-6-4-13(5-7-14)10-16(2)11-15(12-17)8-9-15/h4-7,17H,3,8-12H2,1-2H3. The van der Waals surface area contributed by atoms with Gasteiger partial charge in [0.25, 0.3) is 0 Å². The first-order chi connectivity index (χ1) is 8.67. The molecule has 0 bridgehead atoms. The van der Waals surface area contributed by atoms with Gasteiger partial charge in [-0.15, -0.1) is 11.8 Å². The van der Waals surface area contributed by atoms with Gasteiger partial charge in [-0.2, -0.15) is 0 Å². The Morgan fingerprint density at radius 1 is 1.28 bits per heavy atom. The largest absolute Gasteiger partial charge is 0.396 e. The lowest BCUT2D eigenvalue weighted by Gasteiger charge is -2.22. The molecule has 1 aromatic rings. The first-order valence-corrected chi connectivity index (χ1v) is 7.67. The summed E-state index contributed by atoms with van der Waals surface area (Å²) in [7, 11) is 2.14. The SMILES string of the molecule is CCSc1ccc(CN(C)CC2(CO)CC2)cc1. The fourth-order valence-corrected chi connectivity index (χ4v) is 3.00.